The lowest BCUT2D eigenvalue weighted by atomic mass is 9.87. The molecule has 3 unspecified atom stereocenters. The highest BCUT2D eigenvalue weighted by atomic mass is 35.5. The zero-order chi connectivity index (χ0) is 18.2. The number of nitrogens with one attached hydrogen (secondary N) is 2. The number of halogens is 1. The fourth-order valence-electron chi connectivity index (χ4n) is 3.25. The van der Waals surface area contributed by atoms with Crippen molar-refractivity contribution in [3.05, 3.63) is 34.9 Å². The second-order valence-corrected chi connectivity index (χ2v) is 8.16. The smallest absolute Gasteiger partial charge is 0.253 e. The minimum atomic E-state index is -0.534. The van der Waals surface area contributed by atoms with Gasteiger partial charge in [0.15, 0.2) is 0 Å². The molecule has 4 nitrogen and oxygen atoms in total. The highest BCUT2D eigenvalue weighted by Gasteiger charge is 2.26. The number of hydrogen-bond donors (Lipinski definition) is 2. The molecule has 1 aromatic carbocycles. The van der Waals surface area contributed by atoms with Gasteiger partial charge in [0.1, 0.15) is 6.04 Å². The van der Waals surface area contributed by atoms with Crippen LogP contribution in [-0.2, 0) is 4.79 Å². The van der Waals surface area contributed by atoms with Gasteiger partial charge in [0, 0.05) is 6.04 Å². The highest BCUT2D eigenvalue weighted by molar-refractivity contribution is 7.98. The first kappa shape index (κ1) is 20.1. The number of benzene rings is 1. The lowest BCUT2D eigenvalue weighted by molar-refractivity contribution is -0.124. The van der Waals surface area contributed by atoms with Gasteiger partial charge in [-0.25, -0.2) is 0 Å². The van der Waals surface area contributed by atoms with Crippen LogP contribution < -0.4 is 10.6 Å². The quantitative estimate of drug-likeness (QED) is 0.752. The van der Waals surface area contributed by atoms with E-state index in [9.17, 15) is 9.59 Å². The first-order valence-corrected chi connectivity index (χ1v) is 10.6. The summed E-state index contributed by atoms with van der Waals surface area (Å²) in [7, 11) is 0. The summed E-state index contributed by atoms with van der Waals surface area (Å²) in [6.45, 7) is 2.22. The third-order valence-corrected chi connectivity index (χ3v) is 5.61. The Balaban J connectivity index is 2.00. The summed E-state index contributed by atoms with van der Waals surface area (Å²) in [4.78, 5) is 25.2. The third-order valence-electron chi connectivity index (χ3n) is 4.63. The van der Waals surface area contributed by atoms with E-state index < -0.39 is 6.04 Å². The van der Waals surface area contributed by atoms with Gasteiger partial charge in [0.25, 0.3) is 5.91 Å². The van der Waals surface area contributed by atoms with E-state index in [1.165, 1.54) is 6.42 Å². The maximum atomic E-state index is 12.7. The molecule has 0 aliphatic heterocycles. The Kier molecular flexibility index (Phi) is 8.10. The first-order chi connectivity index (χ1) is 12.0. The Morgan fingerprint density at radius 3 is 2.76 bits per heavy atom. The predicted molar refractivity (Wildman–Crippen MR) is 105 cm³/mol. The van der Waals surface area contributed by atoms with E-state index in [0.29, 0.717) is 22.9 Å². The average molecular weight is 383 g/mol. The SMILES string of the molecule is CSCCC(NC(=O)c1ccccc1Cl)C(=O)NC1CCCC(C)C1. The van der Waals surface area contributed by atoms with Crippen molar-refractivity contribution in [1.29, 1.82) is 0 Å². The molecular weight excluding hydrogens is 356 g/mol. The molecule has 2 rings (SSSR count). The Labute approximate surface area is 159 Å². The number of hydrogen-bond acceptors (Lipinski definition) is 3. The van der Waals surface area contributed by atoms with Gasteiger partial charge >= 0.3 is 0 Å². The molecule has 25 heavy (non-hydrogen) atoms. The van der Waals surface area contributed by atoms with Crippen molar-refractivity contribution in [2.24, 2.45) is 5.92 Å². The summed E-state index contributed by atoms with van der Waals surface area (Å²) in [5, 5.41) is 6.39. The molecule has 3 atom stereocenters. The summed E-state index contributed by atoms with van der Waals surface area (Å²) in [6, 6.07) is 6.57. The molecule has 2 amide bonds. The zero-order valence-corrected chi connectivity index (χ0v) is 16.5. The molecule has 1 aromatic rings. The molecule has 0 radical (unpaired) electrons. The van der Waals surface area contributed by atoms with E-state index in [4.69, 9.17) is 11.6 Å². The molecule has 1 aliphatic rings. The van der Waals surface area contributed by atoms with Crippen LogP contribution in [0.15, 0.2) is 24.3 Å². The summed E-state index contributed by atoms with van der Waals surface area (Å²) < 4.78 is 0. The van der Waals surface area contributed by atoms with E-state index >= 15 is 0 Å². The molecule has 0 saturated heterocycles. The van der Waals surface area contributed by atoms with Crippen molar-refractivity contribution in [2.45, 2.75) is 51.1 Å². The normalized spacial score (nSPS) is 21.4. The molecule has 1 saturated carbocycles. The summed E-state index contributed by atoms with van der Waals surface area (Å²) in [5.74, 6) is 1.06. The van der Waals surface area contributed by atoms with E-state index in [1.54, 1.807) is 36.0 Å². The Morgan fingerprint density at radius 1 is 1.32 bits per heavy atom. The molecule has 2 N–H and O–H groups in total. The monoisotopic (exact) mass is 382 g/mol. The predicted octanol–water partition coefficient (Wildman–Crippen LogP) is 3.89. The van der Waals surface area contributed by atoms with Gasteiger partial charge in [-0.1, -0.05) is 43.5 Å². The molecule has 1 fully saturated rings. The van der Waals surface area contributed by atoms with Crippen LogP contribution in [0.25, 0.3) is 0 Å². The second-order valence-electron chi connectivity index (χ2n) is 6.76. The van der Waals surface area contributed by atoms with Gasteiger partial charge in [-0.2, -0.15) is 11.8 Å². The average Bonchev–Trinajstić information content (AvgIpc) is 2.58. The summed E-state index contributed by atoms with van der Waals surface area (Å²) >= 11 is 7.76. The maximum absolute atomic E-state index is 12.7. The number of carbonyl (C=O) groups excluding carboxylic acids is 2. The topological polar surface area (TPSA) is 58.2 Å². The van der Waals surface area contributed by atoms with Crippen LogP contribution in [-0.4, -0.2) is 35.9 Å². The molecule has 0 heterocycles. The van der Waals surface area contributed by atoms with Gasteiger partial charge in [-0.05, 0) is 49.3 Å². The molecule has 0 aromatic heterocycles. The first-order valence-electron chi connectivity index (χ1n) is 8.86. The highest BCUT2D eigenvalue weighted by Crippen LogP contribution is 2.23. The standard InChI is InChI=1S/C19H27ClN2O2S/c1-13-6-5-7-14(12-13)21-19(24)17(10-11-25-2)22-18(23)15-8-3-4-9-16(15)20/h3-4,8-9,13-14,17H,5-7,10-12H2,1-2H3,(H,21,24)(H,22,23). The van der Waals surface area contributed by atoms with E-state index in [2.05, 4.69) is 17.6 Å². The van der Waals surface area contributed by atoms with Crippen molar-refractivity contribution in [3.8, 4) is 0 Å². The number of amides is 2. The molecule has 138 valence electrons. The maximum Gasteiger partial charge on any atom is 0.253 e. The number of carbonyl (C=O) groups is 2. The van der Waals surface area contributed by atoms with Gasteiger partial charge in [-0.3, -0.25) is 9.59 Å². The number of thioether (sulfide) groups is 1. The second kappa shape index (κ2) is 10.1. The fourth-order valence-corrected chi connectivity index (χ4v) is 3.95. The summed E-state index contributed by atoms with van der Waals surface area (Å²) in [6.07, 6.45) is 7.00. The minimum absolute atomic E-state index is 0.0893. The van der Waals surface area contributed by atoms with Crippen molar-refractivity contribution in [1.82, 2.24) is 10.6 Å². The molecule has 0 bridgehead atoms. The number of rotatable bonds is 7. The van der Waals surface area contributed by atoms with Crippen LogP contribution in [0, 0.1) is 5.92 Å². The molecular formula is C19H27ClN2O2S. The van der Waals surface area contributed by atoms with E-state index in [1.807, 2.05) is 6.26 Å². The lowest BCUT2D eigenvalue weighted by Gasteiger charge is -2.29. The van der Waals surface area contributed by atoms with Gasteiger partial charge in [-0.15, -0.1) is 0 Å². The van der Waals surface area contributed by atoms with Crippen molar-refractivity contribution in [3.63, 3.8) is 0 Å². The van der Waals surface area contributed by atoms with Crippen LogP contribution >= 0.6 is 23.4 Å². The van der Waals surface area contributed by atoms with Crippen molar-refractivity contribution in [2.75, 3.05) is 12.0 Å². The molecule has 0 spiro atoms. The van der Waals surface area contributed by atoms with Gasteiger partial charge in [0.05, 0.1) is 10.6 Å². The van der Waals surface area contributed by atoms with Crippen LogP contribution in [0.5, 0.6) is 0 Å². The third kappa shape index (κ3) is 6.23. The Morgan fingerprint density at radius 2 is 2.08 bits per heavy atom. The summed E-state index contributed by atoms with van der Waals surface area (Å²) in [5.41, 5.74) is 0.400. The Bertz CT molecular complexity index is 597. The van der Waals surface area contributed by atoms with Gasteiger partial charge in [0.2, 0.25) is 5.91 Å². The van der Waals surface area contributed by atoms with E-state index in [0.717, 1.165) is 25.0 Å². The van der Waals surface area contributed by atoms with E-state index in [-0.39, 0.29) is 17.9 Å². The lowest BCUT2D eigenvalue weighted by Crippen LogP contribution is -2.50. The van der Waals surface area contributed by atoms with Crippen LogP contribution in [0.2, 0.25) is 5.02 Å². The minimum Gasteiger partial charge on any atom is -0.352 e. The Hall–Kier alpha value is -1.20. The molecule has 1 aliphatic carbocycles. The molecule has 6 heteroatoms. The van der Waals surface area contributed by atoms with Crippen LogP contribution in [0.1, 0.15) is 49.4 Å². The van der Waals surface area contributed by atoms with Gasteiger partial charge < -0.3 is 10.6 Å². The zero-order valence-electron chi connectivity index (χ0n) is 14.9. The van der Waals surface area contributed by atoms with Crippen LogP contribution in [0.3, 0.4) is 0 Å². The van der Waals surface area contributed by atoms with Crippen LogP contribution in [0.4, 0.5) is 0 Å². The van der Waals surface area contributed by atoms with Crippen molar-refractivity contribution < 1.29 is 9.59 Å². The largest absolute Gasteiger partial charge is 0.352 e. The van der Waals surface area contributed by atoms with Crippen molar-refractivity contribution >= 4 is 35.2 Å². The fraction of sp³-hybridized carbons (Fsp3) is 0.579.